The molecule has 0 unspecified atom stereocenters. The first-order valence-electron chi connectivity index (χ1n) is 10.9. The van der Waals surface area contributed by atoms with Crippen molar-refractivity contribution >= 4 is 38.2 Å². The van der Waals surface area contributed by atoms with Gasteiger partial charge in [0.15, 0.2) is 15.5 Å². The molecule has 5 rings (SSSR count). The number of nitrogens with zero attached hydrogens (tertiary/aromatic N) is 3. The van der Waals surface area contributed by atoms with Gasteiger partial charge in [-0.05, 0) is 56.9 Å². The number of aromatic nitrogens is 3. The Morgan fingerprint density at radius 2 is 2.00 bits per heavy atom. The van der Waals surface area contributed by atoms with Crippen molar-refractivity contribution < 1.29 is 17.5 Å². The number of hydrogen-bond acceptors (Lipinski definition) is 8. The van der Waals surface area contributed by atoms with Crippen LogP contribution in [0, 0.1) is 17.1 Å². The number of anilines is 2. The number of halogens is 1. The summed E-state index contributed by atoms with van der Waals surface area (Å²) in [5.41, 5.74) is 0.881. The summed E-state index contributed by atoms with van der Waals surface area (Å²) in [6.07, 6.45) is 4.60. The van der Waals surface area contributed by atoms with Gasteiger partial charge < -0.3 is 15.4 Å². The van der Waals surface area contributed by atoms with Crippen LogP contribution in [0.15, 0.2) is 36.7 Å². The highest BCUT2D eigenvalue weighted by atomic mass is 32.2. The first-order chi connectivity index (χ1) is 16.1. The summed E-state index contributed by atoms with van der Waals surface area (Å²) in [7, 11) is -2.21. The lowest BCUT2D eigenvalue weighted by Crippen LogP contribution is -2.66. The molecule has 2 aliphatic rings. The van der Waals surface area contributed by atoms with Gasteiger partial charge in [0.25, 0.3) is 0 Å². The van der Waals surface area contributed by atoms with E-state index in [2.05, 4.69) is 25.6 Å². The lowest BCUT2D eigenvalue weighted by molar-refractivity contribution is 0.397. The Balaban J connectivity index is 1.51. The van der Waals surface area contributed by atoms with Gasteiger partial charge in [-0.1, -0.05) is 0 Å². The molecule has 9 nitrogen and oxygen atoms in total. The van der Waals surface area contributed by atoms with Crippen molar-refractivity contribution in [2.45, 2.75) is 37.0 Å². The van der Waals surface area contributed by atoms with Crippen LogP contribution in [-0.2, 0) is 15.4 Å². The van der Waals surface area contributed by atoms with Crippen molar-refractivity contribution in [2.24, 2.45) is 5.92 Å². The first-order valence-corrected chi connectivity index (χ1v) is 12.5. The van der Waals surface area contributed by atoms with Crippen molar-refractivity contribution in [2.75, 3.05) is 18.2 Å². The van der Waals surface area contributed by atoms with Crippen molar-refractivity contribution in [3.8, 4) is 5.88 Å². The number of benzene rings is 1. The molecule has 34 heavy (non-hydrogen) atoms. The molecule has 1 aliphatic carbocycles. The third-order valence-electron chi connectivity index (χ3n) is 6.85. The summed E-state index contributed by atoms with van der Waals surface area (Å²) in [4.78, 5) is 12.8. The van der Waals surface area contributed by atoms with Crippen LogP contribution >= 0.6 is 0 Å². The van der Waals surface area contributed by atoms with Gasteiger partial charge >= 0.3 is 0 Å². The zero-order valence-corrected chi connectivity index (χ0v) is 19.8. The molecular formula is C23H25FN6O3S. The van der Waals surface area contributed by atoms with Gasteiger partial charge in [0.1, 0.15) is 21.9 Å². The van der Waals surface area contributed by atoms with E-state index in [-0.39, 0.29) is 23.1 Å². The number of methoxy groups -OCH3 is 1. The van der Waals surface area contributed by atoms with E-state index in [9.17, 15) is 8.42 Å². The number of ether oxygens (including phenoxy) is 1. The number of fused-ring (bicyclic) bond motifs is 1. The lowest BCUT2D eigenvalue weighted by atomic mass is 9.90. The van der Waals surface area contributed by atoms with Gasteiger partial charge in [0.2, 0.25) is 5.88 Å². The Hall–Kier alpha value is -3.34. The lowest BCUT2D eigenvalue weighted by Gasteiger charge is -2.45. The normalized spacial score (nSPS) is 26.2. The van der Waals surface area contributed by atoms with Gasteiger partial charge in [0.05, 0.1) is 30.3 Å². The molecule has 2 aromatic heterocycles. The number of rotatable bonds is 5. The molecular weight excluding hydrogens is 459 g/mol. The Morgan fingerprint density at radius 1 is 1.24 bits per heavy atom. The molecule has 0 radical (unpaired) electrons. The SMILES string of the molecule is COc1cnc2c(Nc3ccc(F)c([C@]4(C)CS(=O)(=O)[C@@](C)(C5CC5)C(=N)N4)c3)ccnc2n1. The highest BCUT2D eigenvalue weighted by molar-refractivity contribution is 7.93. The maximum Gasteiger partial charge on any atom is 0.234 e. The number of hydrogen-bond donors (Lipinski definition) is 3. The Morgan fingerprint density at radius 3 is 2.68 bits per heavy atom. The highest BCUT2D eigenvalue weighted by Gasteiger charge is 2.60. The Bertz CT molecular complexity index is 1430. The summed E-state index contributed by atoms with van der Waals surface area (Å²) in [6, 6.07) is 6.12. The minimum atomic E-state index is -3.70. The topological polar surface area (TPSA) is 130 Å². The fourth-order valence-corrected chi connectivity index (χ4v) is 7.04. The van der Waals surface area contributed by atoms with E-state index in [1.54, 1.807) is 38.2 Å². The van der Waals surface area contributed by atoms with E-state index in [1.165, 1.54) is 19.4 Å². The number of nitrogens with one attached hydrogen (secondary N) is 3. The standard InChI is InChI=1S/C23H25FN6O3S/c1-22(12-34(31,32)23(2,13-4-5-13)21(25)30-22)15-10-14(6-7-16(15)24)28-17-8-9-26-20-19(17)27-11-18(29-20)33-3/h6-11,13H,4-5,12H2,1-3H3,(H2,25,30)(H,26,28,29)/t22-,23-/m0/s1. The van der Waals surface area contributed by atoms with Gasteiger partial charge in [-0.2, -0.15) is 4.98 Å². The fraction of sp³-hybridized carbons (Fsp3) is 0.391. The summed E-state index contributed by atoms with van der Waals surface area (Å²) in [6.45, 7) is 3.22. The van der Waals surface area contributed by atoms with E-state index in [0.29, 0.717) is 28.4 Å². The first kappa shape index (κ1) is 22.5. The smallest absolute Gasteiger partial charge is 0.234 e. The molecule has 1 saturated heterocycles. The molecule has 0 amide bonds. The van der Waals surface area contributed by atoms with Crippen LogP contribution < -0.4 is 15.4 Å². The van der Waals surface area contributed by atoms with Crippen LogP contribution in [0.2, 0.25) is 0 Å². The third-order valence-corrected chi connectivity index (χ3v) is 9.64. The van der Waals surface area contributed by atoms with E-state index in [4.69, 9.17) is 10.1 Å². The molecule has 0 bridgehead atoms. The monoisotopic (exact) mass is 484 g/mol. The van der Waals surface area contributed by atoms with Crippen LogP contribution in [0.3, 0.4) is 0 Å². The number of amidine groups is 1. The van der Waals surface area contributed by atoms with E-state index >= 15 is 4.39 Å². The highest BCUT2D eigenvalue weighted by Crippen LogP contribution is 2.48. The largest absolute Gasteiger partial charge is 0.480 e. The Kier molecular flexibility index (Phi) is 5.01. The maximum absolute atomic E-state index is 15.0. The molecule has 2 atom stereocenters. The molecule has 3 N–H and O–H groups in total. The molecule has 3 heterocycles. The van der Waals surface area contributed by atoms with Crippen molar-refractivity contribution in [1.29, 1.82) is 5.41 Å². The van der Waals surface area contributed by atoms with Gasteiger partial charge in [-0.3, -0.25) is 5.41 Å². The fourth-order valence-electron chi connectivity index (χ4n) is 4.64. The average molecular weight is 485 g/mol. The zero-order valence-electron chi connectivity index (χ0n) is 19.0. The van der Waals surface area contributed by atoms with Crippen molar-refractivity contribution in [3.63, 3.8) is 0 Å². The quantitative estimate of drug-likeness (QED) is 0.503. The second-order valence-corrected chi connectivity index (χ2v) is 11.6. The van der Waals surface area contributed by atoms with Gasteiger partial charge in [-0.25, -0.2) is 22.8 Å². The predicted molar refractivity (Wildman–Crippen MR) is 127 cm³/mol. The van der Waals surface area contributed by atoms with E-state index < -0.39 is 25.9 Å². The molecule has 0 spiro atoms. The van der Waals surface area contributed by atoms with E-state index in [1.807, 2.05) is 0 Å². The van der Waals surface area contributed by atoms with Crippen LogP contribution in [0.4, 0.5) is 15.8 Å². The molecule has 11 heteroatoms. The van der Waals surface area contributed by atoms with Crippen LogP contribution in [0.25, 0.3) is 11.2 Å². The second-order valence-electron chi connectivity index (χ2n) is 9.24. The second kappa shape index (κ2) is 7.59. The Labute approximate surface area is 196 Å². The zero-order chi connectivity index (χ0) is 24.3. The molecule has 1 saturated carbocycles. The molecule has 178 valence electrons. The minimum Gasteiger partial charge on any atom is -0.480 e. The van der Waals surface area contributed by atoms with Crippen LogP contribution in [-0.4, -0.2) is 46.8 Å². The van der Waals surface area contributed by atoms with Crippen LogP contribution in [0.5, 0.6) is 5.88 Å². The third kappa shape index (κ3) is 3.46. The van der Waals surface area contributed by atoms with Crippen molar-refractivity contribution in [3.05, 3.63) is 48.0 Å². The van der Waals surface area contributed by atoms with Gasteiger partial charge in [-0.15, -0.1) is 0 Å². The number of pyridine rings is 1. The maximum atomic E-state index is 15.0. The van der Waals surface area contributed by atoms with Crippen LogP contribution in [0.1, 0.15) is 32.3 Å². The summed E-state index contributed by atoms with van der Waals surface area (Å²) < 4.78 is 45.5. The summed E-state index contributed by atoms with van der Waals surface area (Å²) >= 11 is 0. The molecule has 2 fully saturated rings. The van der Waals surface area contributed by atoms with E-state index in [0.717, 1.165) is 12.8 Å². The molecule has 1 aliphatic heterocycles. The van der Waals surface area contributed by atoms with Crippen molar-refractivity contribution in [1.82, 2.24) is 20.3 Å². The predicted octanol–water partition coefficient (Wildman–Crippen LogP) is 3.30. The summed E-state index contributed by atoms with van der Waals surface area (Å²) in [5.74, 6) is -0.674. The average Bonchev–Trinajstić information content (AvgIpc) is 3.64. The summed E-state index contributed by atoms with van der Waals surface area (Å²) in [5, 5.41) is 14.8. The van der Waals surface area contributed by atoms with Gasteiger partial charge in [0, 0.05) is 17.4 Å². The number of sulfone groups is 1. The molecule has 3 aromatic rings. The molecule has 1 aromatic carbocycles. The minimum absolute atomic E-state index is 0.0698.